The molecule has 1 N–H and O–H groups in total. The Balaban J connectivity index is 0.00000480. The van der Waals surface area contributed by atoms with Gasteiger partial charge in [-0.05, 0) is 42.7 Å². The molecule has 2 rings (SSSR count). The van der Waals surface area contributed by atoms with Crippen LogP contribution in [0.5, 0.6) is 17.2 Å². The Kier molecular flexibility index (Phi) is 13.5. The van der Waals surface area contributed by atoms with Crippen LogP contribution >= 0.6 is 0 Å². The van der Waals surface area contributed by atoms with Crippen LogP contribution in [0.4, 0.5) is 0 Å². The third-order valence-electron chi connectivity index (χ3n) is 5.12. The van der Waals surface area contributed by atoms with Gasteiger partial charge in [0.2, 0.25) is 0 Å². The molecule has 0 unspecified atom stereocenters. The van der Waals surface area contributed by atoms with Gasteiger partial charge in [-0.1, -0.05) is 76.8 Å². The Morgan fingerprint density at radius 3 is 1.90 bits per heavy atom. The van der Waals surface area contributed by atoms with Crippen LogP contribution in [-0.4, -0.2) is 13.0 Å². The minimum absolute atomic E-state index is 0. The van der Waals surface area contributed by atoms with Crippen LogP contribution in [0.3, 0.4) is 0 Å². The number of unbranched alkanes of at least 4 members (excludes halogenated alkanes) is 9. The van der Waals surface area contributed by atoms with Crippen molar-refractivity contribution in [3.8, 4) is 17.2 Å². The maximum Gasteiger partial charge on any atom is 1.00 e. The van der Waals surface area contributed by atoms with Gasteiger partial charge in [0.25, 0.3) is 10.1 Å². The molecule has 166 valence electrons. The second-order valence-corrected chi connectivity index (χ2v) is 9.21. The summed E-state index contributed by atoms with van der Waals surface area (Å²) < 4.78 is 38.4. The number of rotatable bonds is 14. The smallest absolute Gasteiger partial charge is 0.872 e. The van der Waals surface area contributed by atoms with Crippen molar-refractivity contribution in [2.24, 2.45) is 0 Å². The van der Waals surface area contributed by atoms with E-state index in [1.54, 1.807) is 6.07 Å². The number of ether oxygens (including phenoxy) is 1. The molecule has 0 aliphatic carbocycles. The van der Waals surface area contributed by atoms with Gasteiger partial charge in [0.15, 0.2) is 0 Å². The summed E-state index contributed by atoms with van der Waals surface area (Å²) in [4.78, 5) is -0.178. The normalized spacial score (nSPS) is 11.2. The number of hydrogen-bond donors (Lipinski definition) is 1. The molecule has 2 aromatic rings. The summed E-state index contributed by atoms with van der Waals surface area (Å²) in [5.41, 5.74) is 0.806. The van der Waals surface area contributed by atoms with E-state index in [1.807, 2.05) is 0 Å². The zero-order valence-electron chi connectivity index (χ0n) is 18.8. The van der Waals surface area contributed by atoms with E-state index in [2.05, 4.69) is 6.92 Å². The van der Waals surface area contributed by atoms with Crippen molar-refractivity contribution in [2.75, 3.05) is 0 Å². The van der Waals surface area contributed by atoms with Crippen molar-refractivity contribution in [3.05, 3.63) is 48.0 Å². The molecular formula is C24H33NaO5S. The molecule has 5 nitrogen and oxygen atoms in total. The van der Waals surface area contributed by atoms with E-state index in [0.29, 0.717) is 11.5 Å². The summed E-state index contributed by atoms with van der Waals surface area (Å²) in [6.45, 7) is 2.23. The van der Waals surface area contributed by atoms with E-state index in [0.717, 1.165) is 24.8 Å². The third kappa shape index (κ3) is 11.4. The van der Waals surface area contributed by atoms with E-state index in [1.165, 1.54) is 87.8 Å². The number of benzene rings is 2. The average Bonchev–Trinajstić information content (AvgIpc) is 2.70. The molecule has 0 heterocycles. The molecule has 0 fully saturated rings. The first-order chi connectivity index (χ1) is 14.4. The maximum absolute atomic E-state index is 11.6. The van der Waals surface area contributed by atoms with Crippen LogP contribution in [-0.2, 0) is 16.5 Å². The van der Waals surface area contributed by atoms with E-state index < -0.39 is 10.1 Å². The Morgan fingerprint density at radius 1 is 0.806 bits per heavy atom. The zero-order valence-corrected chi connectivity index (χ0v) is 21.6. The molecule has 0 saturated carbocycles. The number of aryl methyl sites for hydroxylation is 1. The molecule has 0 saturated heterocycles. The number of hydrogen-bond acceptors (Lipinski definition) is 4. The van der Waals surface area contributed by atoms with Gasteiger partial charge in [-0.3, -0.25) is 4.55 Å². The summed E-state index contributed by atoms with van der Waals surface area (Å²) in [5, 5.41) is 11.2. The quantitative estimate of drug-likeness (QED) is 0.268. The standard InChI is InChI=1S/C24H34O5S.Na/c1-2-3-4-5-6-7-8-9-10-11-12-20-17-23(19-24(18-20)30(26,27)28)29-22-15-13-21(25)14-16-22;/h13-19,25H,2-12H2,1H3,(H,26,27,28);/q;+1/p-1. The Hall–Kier alpha value is -1.05. The van der Waals surface area contributed by atoms with Gasteiger partial charge in [-0.25, -0.2) is 0 Å². The van der Waals surface area contributed by atoms with Crippen LogP contribution in [0.15, 0.2) is 47.4 Å². The first-order valence-corrected chi connectivity index (χ1v) is 12.4. The monoisotopic (exact) mass is 456 g/mol. The average molecular weight is 457 g/mol. The van der Waals surface area contributed by atoms with Gasteiger partial charge >= 0.3 is 29.6 Å². The van der Waals surface area contributed by atoms with E-state index >= 15 is 0 Å². The molecule has 0 radical (unpaired) electrons. The molecule has 0 amide bonds. The Bertz CT molecular complexity index is 866. The van der Waals surface area contributed by atoms with Crippen LogP contribution in [0, 0.1) is 0 Å². The van der Waals surface area contributed by atoms with Crippen LogP contribution in [0.2, 0.25) is 0 Å². The van der Waals surface area contributed by atoms with Crippen molar-refractivity contribution < 1.29 is 52.4 Å². The van der Waals surface area contributed by atoms with Crippen molar-refractivity contribution >= 4 is 10.1 Å². The van der Waals surface area contributed by atoms with Crippen molar-refractivity contribution in [3.63, 3.8) is 0 Å². The fraction of sp³-hybridized carbons (Fsp3) is 0.500. The van der Waals surface area contributed by atoms with Gasteiger partial charge in [-0.2, -0.15) is 8.42 Å². The van der Waals surface area contributed by atoms with E-state index in [-0.39, 0.29) is 40.2 Å². The summed E-state index contributed by atoms with van der Waals surface area (Å²) in [7, 11) is -4.33. The van der Waals surface area contributed by atoms with Gasteiger partial charge in [0, 0.05) is 6.07 Å². The zero-order chi connectivity index (χ0) is 21.8. The molecule has 0 bridgehead atoms. The van der Waals surface area contributed by atoms with Gasteiger partial charge in [0.1, 0.15) is 11.5 Å². The summed E-state index contributed by atoms with van der Waals surface area (Å²) in [6, 6.07) is 10.4. The fourth-order valence-electron chi connectivity index (χ4n) is 3.44. The van der Waals surface area contributed by atoms with Gasteiger partial charge in [0.05, 0.1) is 4.90 Å². The SMILES string of the molecule is CCCCCCCCCCCCc1cc(Oc2ccc([O-])cc2)cc(S(=O)(=O)O)c1.[Na+]. The van der Waals surface area contributed by atoms with Crippen molar-refractivity contribution in [2.45, 2.75) is 82.4 Å². The van der Waals surface area contributed by atoms with E-state index in [9.17, 15) is 18.1 Å². The second kappa shape index (κ2) is 14.9. The topological polar surface area (TPSA) is 86.7 Å². The molecular weight excluding hydrogens is 423 g/mol. The van der Waals surface area contributed by atoms with Crippen LogP contribution in [0.25, 0.3) is 0 Å². The first kappa shape index (κ1) is 28.0. The van der Waals surface area contributed by atoms with Crippen molar-refractivity contribution in [1.82, 2.24) is 0 Å². The summed E-state index contributed by atoms with van der Waals surface area (Å²) in [5.74, 6) is 0.633. The van der Waals surface area contributed by atoms with Crippen molar-refractivity contribution in [1.29, 1.82) is 0 Å². The molecule has 0 spiro atoms. The molecule has 7 heteroatoms. The van der Waals surface area contributed by atoms with Crippen LogP contribution < -0.4 is 39.4 Å². The second-order valence-electron chi connectivity index (χ2n) is 7.79. The van der Waals surface area contributed by atoms with E-state index in [4.69, 9.17) is 4.74 Å². The van der Waals surface area contributed by atoms with Gasteiger partial charge < -0.3 is 9.84 Å². The molecule has 31 heavy (non-hydrogen) atoms. The fourth-order valence-corrected chi connectivity index (χ4v) is 4.01. The van der Waals surface area contributed by atoms with Crippen LogP contribution in [0.1, 0.15) is 76.7 Å². The summed E-state index contributed by atoms with van der Waals surface area (Å²) >= 11 is 0. The largest absolute Gasteiger partial charge is 1.00 e. The van der Waals surface area contributed by atoms with Gasteiger partial charge in [-0.15, -0.1) is 5.75 Å². The minimum Gasteiger partial charge on any atom is -0.872 e. The molecule has 0 aromatic heterocycles. The predicted octanol–water partition coefficient (Wildman–Crippen LogP) is 3.27. The Morgan fingerprint density at radius 2 is 1.35 bits per heavy atom. The molecule has 0 atom stereocenters. The molecule has 0 aliphatic rings. The summed E-state index contributed by atoms with van der Waals surface area (Å²) in [6.07, 6.45) is 13.0. The molecule has 2 aromatic carbocycles. The Labute approximate surface area is 209 Å². The molecule has 0 aliphatic heterocycles. The first-order valence-electron chi connectivity index (χ1n) is 10.9. The minimum atomic E-state index is -4.33. The predicted molar refractivity (Wildman–Crippen MR) is 118 cm³/mol. The third-order valence-corrected chi connectivity index (χ3v) is 5.95. The maximum atomic E-state index is 11.6.